The van der Waals surface area contributed by atoms with Gasteiger partial charge < -0.3 is 5.32 Å². The molecular weight excluding hydrogens is 268 g/mol. The Morgan fingerprint density at radius 2 is 2.05 bits per heavy atom. The molecular formula is C12H18N2O4S. The van der Waals surface area contributed by atoms with Crippen LogP contribution in [0.3, 0.4) is 0 Å². The van der Waals surface area contributed by atoms with Crippen LogP contribution in [-0.2, 0) is 16.3 Å². The van der Waals surface area contributed by atoms with E-state index in [1.807, 2.05) is 6.92 Å². The summed E-state index contributed by atoms with van der Waals surface area (Å²) in [4.78, 5) is 10.3. The average molecular weight is 286 g/mol. The van der Waals surface area contributed by atoms with Crippen LogP contribution in [0, 0.1) is 10.1 Å². The number of para-hydroxylation sites is 1. The van der Waals surface area contributed by atoms with E-state index in [0.29, 0.717) is 12.0 Å². The molecule has 19 heavy (non-hydrogen) atoms. The van der Waals surface area contributed by atoms with Crippen molar-refractivity contribution in [2.45, 2.75) is 30.7 Å². The summed E-state index contributed by atoms with van der Waals surface area (Å²) in [6, 6.07) is 4.50. The number of likely N-dealkylation sites (N-methyl/N-ethyl adjacent to an activating group) is 1. The summed E-state index contributed by atoms with van der Waals surface area (Å²) in [6.45, 7) is 1.97. The highest BCUT2D eigenvalue weighted by Gasteiger charge is 2.26. The van der Waals surface area contributed by atoms with Gasteiger partial charge in [0.2, 0.25) is 0 Å². The van der Waals surface area contributed by atoms with Crippen molar-refractivity contribution in [3.63, 3.8) is 0 Å². The van der Waals surface area contributed by atoms with Crippen molar-refractivity contribution in [3.8, 4) is 0 Å². The van der Waals surface area contributed by atoms with Crippen molar-refractivity contribution in [1.82, 2.24) is 5.32 Å². The van der Waals surface area contributed by atoms with E-state index in [1.165, 1.54) is 6.07 Å². The molecule has 106 valence electrons. The van der Waals surface area contributed by atoms with Gasteiger partial charge >= 0.3 is 0 Å². The summed E-state index contributed by atoms with van der Waals surface area (Å²) in [5.74, 6) is 0. The molecule has 7 heteroatoms. The monoisotopic (exact) mass is 286 g/mol. The van der Waals surface area contributed by atoms with Crippen LogP contribution in [0.5, 0.6) is 0 Å². The Balaban J connectivity index is 3.37. The summed E-state index contributed by atoms with van der Waals surface area (Å²) in [7, 11) is -1.83. The number of sulfone groups is 1. The quantitative estimate of drug-likeness (QED) is 0.633. The molecule has 0 spiro atoms. The average Bonchev–Trinajstić information content (AvgIpc) is 2.34. The standard InChI is InChI=1S/C12H18N2O4S/c1-4-10(13-2)8-9-6-5-7-11(19(3,17)18)12(9)14(15)16/h5-7,10,13H,4,8H2,1-3H3. The Morgan fingerprint density at radius 1 is 1.42 bits per heavy atom. The normalized spacial score (nSPS) is 13.2. The van der Waals surface area contributed by atoms with Crippen molar-refractivity contribution in [2.24, 2.45) is 0 Å². The molecule has 0 saturated heterocycles. The topological polar surface area (TPSA) is 89.3 Å². The van der Waals surface area contributed by atoms with Crippen LogP contribution in [0.25, 0.3) is 0 Å². The molecule has 1 N–H and O–H groups in total. The first-order valence-electron chi connectivity index (χ1n) is 5.94. The van der Waals surface area contributed by atoms with E-state index >= 15 is 0 Å². The smallest absolute Gasteiger partial charge is 0.291 e. The van der Waals surface area contributed by atoms with Crippen LogP contribution in [0.2, 0.25) is 0 Å². The van der Waals surface area contributed by atoms with E-state index in [4.69, 9.17) is 0 Å². The lowest BCUT2D eigenvalue weighted by atomic mass is 10.0. The van der Waals surface area contributed by atoms with Gasteiger partial charge in [0.15, 0.2) is 9.84 Å². The van der Waals surface area contributed by atoms with E-state index in [9.17, 15) is 18.5 Å². The first-order chi connectivity index (χ1) is 8.81. The number of nitrogens with zero attached hydrogens (tertiary/aromatic N) is 1. The Kier molecular flexibility index (Phi) is 5.02. The molecule has 0 bridgehead atoms. The third kappa shape index (κ3) is 3.74. The highest BCUT2D eigenvalue weighted by Crippen LogP contribution is 2.29. The van der Waals surface area contributed by atoms with Gasteiger partial charge in [-0.3, -0.25) is 10.1 Å². The van der Waals surface area contributed by atoms with E-state index in [-0.39, 0.29) is 16.6 Å². The third-order valence-corrected chi connectivity index (χ3v) is 4.16. The van der Waals surface area contributed by atoms with Crippen molar-refractivity contribution in [1.29, 1.82) is 0 Å². The minimum atomic E-state index is -3.61. The number of hydrogen-bond donors (Lipinski definition) is 1. The van der Waals surface area contributed by atoms with E-state index in [1.54, 1.807) is 19.2 Å². The van der Waals surface area contributed by atoms with E-state index in [0.717, 1.165) is 12.7 Å². The van der Waals surface area contributed by atoms with Gasteiger partial charge in [-0.1, -0.05) is 19.1 Å². The molecule has 1 unspecified atom stereocenters. The van der Waals surface area contributed by atoms with Gasteiger partial charge in [0.05, 0.1) is 4.92 Å². The second kappa shape index (κ2) is 6.12. The third-order valence-electron chi connectivity index (χ3n) is 3.03. The molecule has 0 aliphatic rings. The molecule has 0 amide bonds. The number of benzene rings is 1. The Morgan fingerprint density at radius 3 is 2.47 bits per heavy atom. The summed E-state index contributed by atoms with van der Waals surface area (Å²) < 4.78 is 23.2. The lowest BCUT2D eigenvalue weighted by molar-refractivity contribution is -0.388. The fourth-order valence-corrected chi connectivity index (χ4v) is 2.84. The predicted molar refractivity (Wildman–Crippen MR) is 73.0 cm³/mol. The van der Waals surface area contributed by atoms with Crippen molar-refractivity contribution in [2.75, 3.05) is 13.3 Å². The van der Waals surface area contributed by atoms with Gasteiger partial charge in [0, 0.05) is 17.9 Å². The summed E-state index contributed by atoms with van der Waals surface area (Å²) in [6.07, 6.45) is 2.21. The van der Waals surface area contributed by atoms with Gasteiger partial charge in [-0.25, -0.2) is 8.42 Å². The molecule has 1 atom stereocenters. The zero-order valence-electron chi connectivity index (χ0n) is 11.2. The first-order valence-corrected chi connectivity index (χ1v) is 7.84. The maximum Gasteiger partial charge on any atom is 0.291 e. The molecule has 0 aliphatic carbocycles. The molecule has 0 saturated carbocycles. The SMILES string of the molecule is CCC(Cc1cccc(S(C)(=O)=O)c1[N+](=O)[O-])NC. The van der Waals surface area contributed by atoms with Crippen LogP contribution in [-0.4, -0.2) is 32.7 Å². The Bertz CT molecular complexity index is 565. The van der Waals surface area contributed by atoms with Crippen LogP contribution in [0.1, 0.15) is 18.9 Å². The fraction of sp³-hybridized carbons (Fsp3) is 0.500. The van der Waals surface area contributed by atoms with E-state index < -0.39 is 14.8 Å². The summed E-state index contributed by atoms with van der Waals surface area (Å²) in [5.41, 5.74) is 0.132. The highest BCUT2D eigenvalue weighted by atomic mass is 32.2. The molecule has 1 aromatic carbocycles. The number of nitrogens with one attached hydrogen (secondary N) is 1. The Hall–Kier alpha value is -1.47. The van der Waals surface area contributed by atoms with Crippen LogP contribution >= 0.6 is 0 Å². The van der Waals surface area contributed by atoms with Gasteiger partial charge in [-0.15, -0.1) is 0 Å². The van der Waals surface area contributed by atoms with Crippen molar-refractivity contribution < 1.29 is 13.3 Å². The lowest BCUT2D eigenvalue weighted by Crippen LogP contribution is -2.27. The zero-order chi connectivity index (χ0) is 14.6. The molecule has 1 aromatic rings. The van der Waals surface area contributed by atoms with Gasteiger partial charge in [-0.2, -0.15) is 0 Å². The molecule has 0 aliphatic heterocycles. The molecule has 0 heterocycles. The maximum atomic E-state index is 11.6. The van der Waals surface area contributed by atoms with Crippen molar-refractivity contribution in [3.05, 3.63) is 33.9 Å². The van der Waals surface area contributed by atoms with Crippen LogP contribution in [0.15, 0.2) is 23.1 Å². The van der Waals surface area contributed by atoms with Crippen LogP contribution < -0.4 is 5.32 Å². The van der Waals surface area contributed by atoms with E-state index in [2.05, 4.69) is 5.32 Å². The largest absolute Gasteiger partial charge is 0.317 e. The zero-order valence-corrected chi connectivity index (χ0v) is 12.0. The van der Waals surface area contributed by atoms with Crippen LogP contribution in [0.4, 0.5) is 5.69 Å². The maximum absolute atomic E-state index is 11.6. The molecule has 1 rings (SSSR count). The molecule has 0 aromatic heterocycles. The number of nitro groups is 1. The first kappa shape index (κ1) is 15.6. The van der Waals surface area contributed by atoms with Gasteiger partial charge in [0.25, 0.3) is 5.69 Å². The summed E-state index contributed by atoms with van der Waals surface area (Å²) >= 11 is 0. The second-order valence-electron chi connectivity index (χ2n) is 4.39. The minimum absolute atomic E-state index is 0.0773. The predicted octanol–water partition coefficient (Wildman–Crippen LogP) is 1.54. The molecule has 0 radical (unpaired) electrons. The van der Waals surface area contributed by atoms with Gasteiger partial charge in [0.1, 0.15) is 4.90 Å². The minimum Gasteiger partial charge on any atom is -0.317 e. The second-order valence-corrected chi connectivity index (χ2v) is 6.38. The Labute approximate surface area is 112 Å². The van der Waals surface area contributed by atoms with Gasteiger partial charge in [-0.05, 0) is 26.0 Å². The number of rotatable bonds is 6. The fourth-order valence-electron chi connectivity index (χ4n) is 1.95. The highest BCUT2D eigenvalue weighted by molar-refractivity contribution is 7.90. The lowest BCUT2D eigenvalue weighted by Gasteiger charge is -2.14. The molecule has 0 fully saturated rings. The summed E-state index contributed by atoms with van der Waals surface area (Å²) in [5, 5.41) is 14.2. The molecule has 6 nitrogen and oxygen atoms in total. The number of nitro benzene ring substituents is 1. The number of hydrogen-bond acceptors (Lipinski definition) is 5. The van der Waals surface area contributed by atoms with Crippen molar-refractivity contribution >= 4 is 15.5 Å².